The Balaban J connectivity index is 1.66. The molecule has 4 aromatic rings. The number of carbonyl (C=O) groups excluding carboxylic acids is 1. The third-order valence-electron chi connectivity index (χ3n) is 6.71. The van der Waals surface area contributed by atoms with Crippen LogP contribution in [0.15, 0.2) is 72.8 Å². The molecule has 200 valence electrons. The van der Waals surface area contributed by atoms with Gasteiger partial charge in [0.15, 0.2) is 6.23 Å². The Labute approximate surface area is 223 Å². The number of benzene rings is 3. The fourth-order valence-electron chi connectivity index (χ4n) is 4.96. The van der Waals surface area contributed by atoms with E-state index < -0.39 is 47.2 Å². The van der Waals surface area contributed by atoms with E-state index in [-0.39, 0.29) is 12.6 Å². The van der Waals surface area contributed by atoms with Gasteiger partial charge in [-0.3, -0.25) is 15.8 Å². The Morgan fingerprint density at radius 1 is 0.974 bits per heavy atom. The first-order chi connectivity index (χ1) is 18.7. The number of nitrogens with two attached hydrogens (primary N) is 1. The summed E-state index contributed by atoms with van der Waals surface area (Å²) in [5.41, 5.74) is 8.01. The van der Waals surface area contributed by atoms with Crippen molar-refractivity contribution < 1.29 is 22.7 Å². The van der Waals surface area contributed by atoms with Crippen molar-refractivity contribution in [1.29, 1.82) is 0 Å². The zero-order valence-corrected chi connectivity index (χ0v) is 21.3. The third-order valence-corrected chi connectivity index (χ3v) is 6.71. The van der Waals surface area contributed by atoms with E-state index in [9.17, 15) is 18.0 Å². The Kier molecular flexibility index (Phi) is 7.07. The van der Waals surface area contributed by atoms with Crippen molar-refractivity contribution in [2.45, 2.75) is 32.2 Å². The molecule has 1 amide bonds. The number of nitrogens with one attached hydrogen (secondary N) is 1. The Hall–Kier alpha value is -4.28. The minimum Gasteiger partial charge on any atom is -0.442 e. The SMILES string of the molecule is Cc1cc(C)nc(OC(N)C2(c3ccccc3)NCC(=O)N(Cc3c(F)cc(F)cc3F)c3ccccc32)n1. The average Bonchev–Trinajstić information content (AvgIpc) is 3.01. The normalized spacial score (nSPS) is 17.9. The lowest BCUT2D eigenvalue weighted by Crippen LogP contribution is -2.59. The number of carbonyl (C=O) groups is 1. The molecular weight excluding hydrogens is 507 g/mol. The third kappa shape index (κ3) is 4.96. The molecule has 0 saturated carbocycles. The predicted molar refractivity (Wildman–Crippen MR) is 139 cm³/mol. The molecule has 2 unspecified atom stereocenters. The molecule has 1 aromatic heterocycles. The second-order valence-corrected chi connectivity index (χ2v) is 9.34. The van der Waals surface area contributed by atoms with Crippen LogP contribution in [0.25, 0.3) is 0 Å². The summed E-state index contributed by atoms with van der Waals surface area (Å²) in [6, 6.07) is 19.1. The molecule has 2 atom stereocenters. The van der Waals surface area contributed by atoms with Crippen LogP contribution in [0.1, 0.15) is 28.1 Å². The van der Waals surface area contributed by atoms with Gasteiger partial charge in [0.1, 0.15) is 23.0 Å². The van der Waals surface area contributed by atoms with Crippen molar-refractivity contribution in [2.24, 2.45) is 5.73 Å². The molecule has 0 spiro atoms. The standard InChI is InChI=1S/C29H26F3N5O2/c1-17-12-18(2)36-28(35-17)39-27(33)29(19-8-4-3-5-9-19)22-10-6-7-11-25(22)37(26(38)15-34-29)16-21-23(31)13-20(30)14-24(21)32/h3-14,27,34H,15-16,33H2,1-2H3. The number of aryl methyl sites for hydroxylation is 2. The molecule has 0 radical (unpaired) electrons. The molecule has 3 N–H and O–H groups in total. The van der Waals surface area contributed by atoms with Crippen molar-refractivity contribution in [3.63, 3.8) is 0 Å². The smallest absolute Gasteiger partial charge is 0.318 e. The molecule has 2 heterocycles. The number of rotatable bonds is 6. The van der Waals surface area contributed by atoms with Crippen LogP contribution in [0.4, 0.5) is 18.9 Å². The lowest BCUT2D eigenvalue weighted by molar-refractivity contribution is -0.118. The summed E-state index contributed by atoms with van der Waals surface area (Å²) in [4.78, 5) is 23.5. The van der Waals surface area contributed by atoms with E-state index in [0.717, 1.165) is 0 Å². The van der Waals surface area contributed by atoms with Gasteiger partial charge in [-0.2, -0.15) is 0 Å². The first kappa shape index (κ1) is 26.3. The molecule has 7 nitrogen and oxygen atoms in total. The van der Waals surface area contributed by atoms with Gasteiger partial charge in [0.2, 0.25) is 5.91 Å². The van der Waals surface area contributed by atoms with Gasteiger partial charge in [-0.25, -0.2) is 23.1 Å². The fraction of sp³-hybridized carbons (Fsp3) is 0.207. The summed E-state index contributed by atoms with van der Waals surface area (Å²) in [6.07, 6.45) is -1.14. The monoisotopic (exact) mass is 533 g/mol. The Morgan fingerprint density at radius 3 is 2.26 bits per heavy atom. The van der Waals surface area contributed by atoms with Gasteiger partial charge < -0.3 is 9.64 Å². The molecule has 10 heteroatoms. The highest BCUT2D eigenvalue weighted by molar-refractivity contribution is 5.97. The molecule has 0 saturated heterocycles. The minimum atomic E-state index is -1.30. The largest absolute Gasteiger partial charge is 0.442 e. The second kappa shape index (κ2) is 10.5. The maximum atomic E-state index is 14.6. The molecule has 0 bridgehead atoms. The molecule has 0 fully saturated rings. The van der Waals surface area contributed by atoms with E-state index in [1.165, 1.54) is 4.90 Å². The van der Waals surface area contributed by atoms with Crippen LogP contribution in [-0.4, -0.2) is 28.6 Å². The van der Waals surface area contributed by atoms with Crippen LogP contribution in [-0.2, 0) is 16.9 Å². The van der Waals surface area contributed by atoms with E-state index in [1.54, 1.807) is 30.3 Å². The Morgan fingerprint density at radius 2 is 1.59 bits per heavy atom. The van der Waals surface area contributed by atoms with Crippen LogP contribution in [0.3, 0.4) is 0 Å². The summed E-state index contributed by atoms with van der Waals surface area (Å²) in [7, 11) is 0. The van der Waals surface area contributed by atoms with Gasteiger partial charge in [-0.05, 0) is 31.5 Å². The predicted octanol–water partition coefficient (Wildman–Crippen LogP) is 4.25. The maximum Gasteiger partial charge on any atom is 0.318 e. The minimum absolute atomic E-state index is 0.0671. The highest BCUT2D eigenvalue weighted by Gasteiger charge is 2.47. The summed E-state index contributed by atoms with van der Waals surface area (Å²) in [5.74, 6) is -3.69. The number of aromatic nitrogens is 2. The maximum absolute atomic E-state index is 14.6. The van der Waals surface area contributed by atoms with Gasteiger partial charge in [0, 0.05) is 40.3 Å². The number of hydrogen-bond acceptors (Lipinski definition) is 6. The van der Waals surface area contributed by atoms with Crippen LogP contribution >= 0.6 is 0 Å². The molecular formula is C29H26F3N5O2. The van der Waals surface area contributed by atoms with E-state index in [0.29, 0.717) is 40.3 Å². The van der Waals surface area contributed by atoms with Gasteiger partial charge >= 0.3 is 6.01 Å². The summed E-state index contributed by atoms with van der Waals surface area (Å²) in [5, 5.41) is 3.28. The first-order valence-electron chi connectivity index (χ1n) is 12.3. The fourth-order valence-corrected chi connectivity index (χ4v) is 4.96. The van der Waals surface area contributed by atoms with E-state index >= 15 is 0 Å². The first-order valence-corrected chi connectivity index (χ1v) is 12.3. The number of amides is 1. The second-order valence-electron chi connectivity index (χ2n) is 9.34. The van der Waals surface area contributed by atoms with E-state index in [2.05, 4.69) is 15.3 Å². The van der Waals surface area contributed by atoms with Crippen molar-refractivity contribution in [2.75, 3.05) is 11.4 Å². The molecule has 1 aliphatic rings. The zero-order chi connectivity index (χ0) is 27.7. The van der Waals surface area contributed by atoms with Gasteiger partial charge in [-0.15, -0.1) is 0 Å². The number of fused-ring (bicyclic) bond motifs is 1. The quantitative estimate of drug-likeness (QED) is 0.360. The van der Waals surface area contributed by atoms with Crippen LogP contribution in [0, 0.1) is 31.3 Å². The average molecular weight is 534 g/mol. The zero-order valence-electron chi connectivity index (χ0n) is 21.3. The van der Waals surface area contributed by atoms with Crippen molar-refractivity contribution in [1.82, 2.24) is 15.3 Å². The van der Waals surface area contributed by atoms with Crippen molar-refractivity contribution in [3.8, 4) is 6.01 Å². The van der Waals surface area contributed by atoms with Crippen LogP contribution in [0.2, 0.25) is 0 Å². The van der Waals surface area contributed by atoms with Gasteiger partial charge in [-0.1, -0.05) is 48.5 Å². The number of para-hydroxylation sites is 1. The van der Waals surface area contributed by atoms with Crippen LogP contribution < -0.4 is 20.7 Å². The number of hydrogen-bond donors (Lipinski definition) is 2. The van der Waals surface area contributed by atoms with E-state index in [4.69, 9.17) is 10.5 Å². The van der Waals surface area contributed by atoms with Crippen molar-refractivity contribution in [3.05, 3.63) is 118 Å². The number of halogens is 3. The molecule has 39 heavy (non-hydrogen) atoms. The lowest BCUT2D eigenvalue weighted by atomic mass is 9.80. The lowest BCUT2D eigenvalue weighted by Gasteiger charge is -2.39. The summed E-state index contributed by atoms with van der Waals surface area (Å²) < 4.78 is 49.0. The van der Waals surface area contributed by atoms with Crippen LogP contribution in [0.5, 0.6) is 6.01 Å². The number of anilines is 1. The molecule has 3 aromatic carbocycles. The summed E-state index contributed by atoms with van der Waals surface area (Å²) >= 11 is 0. The molecule has 1 aliphatic heterocycles. The number of ether oxygens (including phenoxy) is 1. The van der Waals surface area contributed by atoms with E-state index in [1.807, 2.05) is 44.2 Å². The Bertz CT molecular complexity index is 1490. The topological polar surface area (TPSA) is 93.4 Å². The molecule has 5 rings (SSSR count). The number of nitrogens with zero attached hydrogens (tertiary/aromatic N) is 3. The molecule has 0 aliphatic carbocycles. The summed E-state index contributed by atoms with van der Waals surface area (Å²) in [6.45, 7) is 2.91. The highest BCUT2D eigenvalue weighted by Crippen LogP contribution is 2.41. The highest BCUT2D eigenvalue weighted by atomic mass is 19.1. The van der Waals surface area contributed by atoms with Crippen molar-refractivity contribution >= 4 is 11.6 Å². The van der Waals surface area contributed by atoms with Gasteiger partial charge in [0.25, 0.3) is 0 Å². The van der Waals surface area contributed by atoms with Gasteiger partial charge in [0.05, 0.1) is 13.1 Å².